The predicted molar refractivity (Wildman–Crippen MR) is 81.9 cm³/mol. The van der Waals surface area contributed by atoms with Crippen LogP contribution in [0.3, 0.4) is 0 Å². The van der Waals surface area contributed by atoms with Crippen molar-refractivity contribution in [1.82, 2.24) is 19.7 Å². The van der Waals surface area contributed by atoms with Crippen LogP contribution in [0.15, 0.2) is 0 Å². The van der Waals surface area contributed by atoms with Gasteiger partial charge in [-0.05, 0) is 32.9 Å². The highest BCUT2D eigenvalue weighted by molar-refractivity contribution is 7.98. The Morgan fingerprint density at radius 3 is 2.85 bits per heavy atom. The minimum Gasteiger partial charge on any atom is -0.340 e. The summed E-state index contributed by atoms with van der Waals surface area (Å²) in [6.45, 7) is 7.56. The molecular formula is C14H24N4OS. The maximum absolute atomic E-state index is 12.4. The third-order valence-electron chi connectivity index (χ3n) is 3.80. The molecule has 1 aromatic heterocycles. The summed E-state index contributed by atoms with van der Waals surface area (Å²) in [6.07, 6.45) is 4.16. The van der Waals surface area contributed by atoms with Crippen molar-refractivity contribution in [2.24, 2.45) is 5.92 Å². The molecule has 0 bridgehead atoms. The Labute approximate surface area is 125 Å². The van der Waals surface area contributed by atoms with Gasteiger partial charge in [0.25, 0.3) is 0 Å². The molecule has 0 aliphatic carbocycles. The number of amides is 1. The molecule has 112 valence electrons. The normalized spacial score (nSPS) is 21.0. The van der Waals surface area contributed by atoms with Gasteiger partial charge in [0, 0.05) is 24.8 Å². The van der Waals surface area contributed by atoms with Crippen molar-refractivity contribution in [3.05, 3.63) is 11.6 Å². The first-order valence-corrected chi connectivity index (χ1v) is 8.59. The van der Waals surface area contributed by atoms with Gasteiger partial charge in [-0.15, -0.1) is 0 Å². The highest BCUT2D eigenvalue weighted by Gasteiger charge is 2.28. The first-order chi connectivity index (χ1) is 9.52. The molecule has 20 heavy (non-hydrogen) atoms. The molecule has 6 heteroatoms. The molecule has 0 unspecified atom stereocenters. The van der Waals surface area contributed by atoms with Crippen molar-refractivity contribution in [1.29, 1.82) is 0 Å². The molecule has 1 aromatic rings. The molecule has 1 aliphatic rings. The summed E-state index contributed by atoms with van der Waals surface area (Å²) in [7, 11) is 0. The van der Waals surface area contributed by atoms with Crippen LogP contribution in [0.25, 0.3) is 0 Å². The number of rotatable bonds is 4. The first kappa shape index (κ1) is 15.4. The van der Waals surface area contributed by atoms with Gasteiger partial charge in [-0.1, -0.05) is 6.92 Å². The maximum Gasteiger partial charge on any atom is 0.226 e. The van der Waals surface area contributed by atoms with E-state index in [-0.39, 0.29) is 17.9 Å². The topological polar surface area (TPSA) is 51.0 Å². The number of piperidine rings is 1. The molecule has 1 aliphatic heterocycles. The lowest BCUT2D eigenvalue weighted by Gasteiger charge is -2.34. The molecule has 2 rings (SSSR count). The number of carbonyl (C=O) groups is 1. The van der Waals surface area contributed by atoms with Gasteiger partial charge < -0.3 is 4.90 Å². The molecule has 2 atom stereocenters. The summed E-state index contributed by atoms with van der Waals surface area (Å²) < 4.78 is 1.99. The van der Waals surface area contributed by atoms with Crippen molar-refractivity contribution >= 4 is 17.7 Å². The van der Waals surface area contributed by atoms with Crippen molar-refractivity contribution < 1.29 is 4.79 Å². The second kappa shape index (κ2) is 6.61. The van der Waals surface area contributed by atoms with Gasteiger partial charge >= 0.3 is 0 Å². The van der Waals surface area contributed by atoms with Gasteiger partial charge in [0.15, 0.2) is 0 Å². The molecule has 5 nitrogen and oxygen atoms in total. The number of hydrogen-bond acceptors (Lipinski definition) is 4. The zero-order valence-electron chi connectivity index (χ0n) is 12.8. The third kappa shape index (κ3) is 3.34. The maximum atomic E-state index is 12.4. The summed E-state index contributed by atoms with van der Waals surface area (Å²) in [5.41, 5.74) is 0. The number of likely N-dealkylation sites (tertiary alicyclic amines) is 1. The van der Waals surface area contributed by atoms with Gasteiger partial charge in [-0.25, -0.2) is 9.67 Å². The number of nitrogens with zero attached hydrogens (tertiary/aromatic N) is 4. The van der Waals surface area contributed by atoms with Crippen LogP contribution >= 0.6 is 11.8 Å². The monoisotopic (exact) mass is 296 g/mol. The van der Waals surface area contributed by atoms with Crippen LogP contribution in [-0.4, -0.2) is 50.7 Å². The van der Waals surface area contributed by atoms with E-state index < -0.39 is 0 Å². The van der Waals surface area contributed by atoms with Crippen LogP contribution in [0, 0.1) is 19.8 Å². The molecule has 0 aromatic carbocycles. The van der Waals surface area contributed by atoms with E-state index in [1.807, 2.05) is 36.6 Å². The van der Waals surface area contributed by atoms with Gasteiger partial charge in [-0.2, -0.15) is 16.9 Å². The van der Waals surface area contributed by atoms with E-state index in [1.54, 1.807) is 11.8 Å². The number of aryl methyl sites for hydroxylation is 2. The zero-order chi connectivity index (χ0) is 14.7. The lowest BCUT2D eigenvalue weighted by molar-refractivity contribution is -0.136. The molecule has 0 N–H and O–H groups in total. The van der Waals surface area contributed by atoms with Crippen molar-refractivity contribution in [2.45, 2.75) is 39.7 Å². The highest BCUT2D eigenvalue weighted by atomic mass is 32.2. The van der Waals surface area contributed by atoms with Gasteiger partial charge in [0.1, 0.15) is 11.6 Å². The molecule has 0 radical (unpaired) electrons. The fraction of sp³-hybridized carbons (Fsp3) is 0.786. The molecule has 1 fully saturated rings. The van der Waals surface area contributed by atoms with E-state index in [4.69, 9.17) is 0 Å². The molecule has 1 saturated heterocycles. The van der Waals surface area contributed by atoms with Crippen molar-refractivity contribution in [3.63, 3.8) is 0 Å². The fourth-order valence-corrected chi connectivity index (χ4v) is 3.51. The smallest absolute Gasteiger partial charge is 0.226 e. The van der Waals surface area contributed by atoms with Crippen LogP contribution in [-0.2, 0) is 4.79 Å². The van der Waals surface area contributed by atoms with Gasteiger partial charge in [0.2, 0.25) is 5.91 Å². The molecular weight excluding hydrogens is 272 g/mol. The molecule has 1 amide bonds. The molecule has 0 spiro atoms. The van der Waals surface area contributed by atoms with E-state index in [2.05, 4.69) is 10.1 Å². The highest BCUT2D eigenvalue weighted by Crippen LogP contribution is 2.23. The van der Waals surface area contributed by atoms with Crippen molar-refractivity contribution in [3.8, 4) is 0 Å². The van der Waals surface area contributed by atoms with Crippen LogP contribution < -0.4 is 0 Å². The van der Waals surface area contributed by atoms with Crippen LogP contribution in [0.4, 0.5) is 0 Å². The summed E-state index contributed by atoms with van der Waals surface area (Å²) in [5, 5.41) is 4.47. The van der Waals surface area contributed by atoms with E-state index in [9.17, 15) is 4.79 Å². The molecule has 2 heterocycles. The van der Waals surface area contributed by atoms with E-state index in [1.165, 1.54) is 0 Å². The minimum absolute atomic E-state index is 0.0994. The van der Waals surface area contributed by atoms with E-state index in [0.717, 1.165) is 43.3 Å². The number of hydrogen-bond donors (Lipinski definition) is 0. The fourth-order valence-electron chi connectivity index (χ4n) is 2.87. The quantitative estimate of drug-likeness (QED) is 0.853. The number of carbonyl (C=O) groups excluding carboxylic acids is 1. The second-order valence-electron chi connectivity index (χ2n) is 5.59. The summed E-state index contributed by atoms with van der Waals surface area (Å²) >= 11 is 1.73. The molecule has 0 saturated carbocycles. The summed E-state index contributed by atoms with van der Waals surface area (Å²) in [5.74, 6) is 3.02. The van der Waals surface area contributed by atoms with Gasteiger partial charge in [0.05, 0.1) is 6.04 Å². The Kier molecular flexibility index (Phi) is 5.07. The van der Waals surface area contributed by atoms with Crippen LogP contribution in [0.2, 0.25) is 0 Å². The number of aromatic nitrogens is 3. The summed E-state index contributed by atoms with van der Waals surface area (Å²) in [4.78, 5) is 18.8. The zero-order valence-corrected chi connectivity index (χ0v) is 13.6. The Morgan fingerprint density at radius 2 is 2.25 bits per heavy atom. The van der Waals surface area contributed by atoms with Crippen LogP contribution in [0.1, 0.15) is 37.5 Å². The Balaban J connectivity index is 2.05. The Bertz CT molecular complexity index is 474. The summed E-state index contributed by atoms with van der Waals surface area (Å²) in [6, 6.07) is 0.273. The van der Waals surface area contributed by atoms with Crippen molar-refractivity contribution in [2.75, 3.05) is 25.1 Å². The SMILES string of the molecule is CSC[C@H](C)C(=O)N1CCC[C@H](n2nc(C)nc2C)C1. The Morgan fingerprint density at radius 1 is 1.50 bits per heavy atom. The Hall–Kier alpha value is -1.04. The average Bonchev–Trinajstić information content (AvgIpc) is 2.77. The van der Waals surface area contributed by atoms with Crippen LogP contribution in [0.5, 0.6) is 0 Å². The lowest BCUT2D eigenvalue weighted by Crippen LogP contribution is -2.43. The largest absolute Gasteiger partial charge is 0.340 e. The predicted octanol–water partition coefficient (Wildman–Crippen LogP) is 2.06. The standard InChI is InChI=1S/C14H24N4OS/c1-10(9-20-4)14(19)17-7-5-6-13(8-17)18-12(3)15-11(2)16-18/h10,13H,5-9H2,1-4H3/t10-,13-/m0/s1. The second-order valence-corrected chi connectivity index (χ2v) is 6.50. The third-order valence-corrected chi connectivity index (χ3v) is 4.63. The lowest BCUT2D eigenvalue weighted by atomic mass is 10.0. The number of thioether (sulfide) groups is 1. The average molecular weight is 296 g/mol. The minimum atomic E-state index is 0.0994. The van der Waals surface area contributed by atoms with E-state index >= 15 is 0 Å². The first-order valence-electron chi connectivity index (χ1n) is 7.20. The van der Waals surface area contributed by atoms with E-state index in [0.29, 0.717) is 0 Å². The van der Waals surface area contributed by atoms with Gasteiger partial charge in [-0.3, -0.25) is 4.79 Å².